The molecule has 0 saturated heterocycles. The van der Waals surface area contributed by atoms with E-state index in [1.165, 1.54) is 0 Å². The normalized spacial score (nSPS) is 10.6. The van der Waals surface area contributed by atoms with Crippen molar-refractivity contribution in [3.63, 3.8) is 0 Å². The molecule has 0 saturated carbocycles. The number of hydrazine groups is 1. The SMILES string of the molecule is COc1cc2nc3ccc(NC(=S)NNc4ccccc4)cc3nc2cc1OC. The van der Waals surface area contributed by atoms with Crippen LogP contribution in [0.3, 0.4) is 0 Å². The molecule has 0 aliphatic heterocycles. The predicted octanol–water partition coefficient (Wildman–Crippen LogP) is 4.11. The predicted molar refractivity (Wildman–Crippen MR) is 120 cm³/mol. The summed E-state index contributed by atoms with van der Waals surface area (Å²) in [5.74, 6) is 1.23. The van der Waals surface area contributed by atoms with Crippen LogP contribution in [0, 0.1) is 0 Å². The Kier molecular flexibility index (Phi) is 5.26. The number of hydrogen-bond acceptors (Lipinski definition) is 6. The molecule has 0 aliphatic carbocycles. The number of rotatable bonds is 5. The van der Waals surface area contributed by atoms with Crippen LogP contribution in [0.25, 0.3) is 22.1 Å². The molecular formula is C21H19N5O2S. The Balaban J connectivity index is 1.56. The van der Waals surface area contributed by atoms with Crippen LogP contribution in [0.15, 0.2) is 60.7 Å². The van der Waals surface area contributed by atoms with Gasteiger partial charge in [0.25, 0.3) is 0 Å². The number of ether oxygens (including phenoxy) is 2. The van der Waals surface area contributed by atoms with Crippen molar-refractivity contribution < 1.29 is 9.47 Å². The second-order valence-corrected chi connectivity index (χ2v) is 6.60. The van der Waals surface area contributed by atoms with Crippen LogP contribution in [0.4, 0.5) is 11.4 Å². The lowest BCUT2D eigenvalue weighted by Crippen LogP contribution is -2.33. The molecule has 0 bridgehead atoms. The summed E-state index contributed by atoms with van der Waals surface area (Å²) in [5, 5.41) is 3.58. The van der Waals surface area contributed by atoms with Gasteiger partial charge in [0.1, 0.15) is 0 Å². The van der Waals surface area contributed by atoms with E-state index in [2.05, 4.69) is 21.2 Å². The summed E-state index contributed by atoms with van der Waals surface area (Å²) < 4.78 is 10.7. The van der Waals surface area contributed by atoms with Crippen LogP contribution < -0.4 is 25.6 Å². The molecule has 0 amide bonds. The van der Waals surface area contributed by atoms with Crippen molar-refractivity contribution in [2.75, 3.05) is 25.0 Å². The number of fused-ring (bicyclic) bond motifs is 2. The Morgan fingerprint density at radius 2 is 1.38 bits per heavy atom. The molecule has 8 heteroatoms. The smallest absolute Gasteiger partial charge is 0.189 e. The van der Waals surface area contributed by atoms with E-state index in [-0.39, 0.29) is 0 Å². The van der Waals surface area contributed by atoms with Gasteiger partial charge in [-0.15, -0.1) is 0 Å². The lowest BCUT2D eigenvalue weighted by atomic mass is 10.2. The quantitative estimate of drug-likeness (QED) is 0.260. The molecule has 146 valence electrons. The van der Waals surface area contributed by atoms with E-state index in [1.54, 1.807) is 14.2 Å². The highest BCUT2D eigenvalue weighted by Crippen LogP contribution is 2.31. The maximum atomic E-state index is 5.36. The Morgan fingerprint density at radius 1 is 0.759 bits per heavy atom. The Bertz CT molecular complexity index is 1180. The van der Waals surface area contributed by atoms with Crippen LogP contribution in [0.5, 0.6) is 11.5 Å². The third-order valence-electron chi connectivity index (χ3n) is 4.29. The second-order valence-electron chi connectivity index (χ2n) is 6.19. The van der Waals surface area contributed by atoms with Crippen LogP contribution in [0.2, 0.25) is 0 Å². The van der Waals surface area contributed by atoms with Gasteiger partial charge in [-0.1, -0.05) is 18.2 Å². The van der Waals surface area contributed by atoms with Crippen molar-refractivity contribution in [3.8, 4) is 11.5 Å². The van der Waals surface area contributed by atoms with Gasteiger partial charge >= 0.3 is 0 Å². The molecule has 3 N–H and O–H groups in total. The molecule has 4 rings (SSSR count). The number of para-hydroxylation sites is 1. The molecule has 0 unspecified atom stereocenters. The number of thiocarbonyl (C=S) groups is 1. The Morgan fingerprint density at radius 3 is 2.03 bits per heavy atom. The molecule has 0 spiro atoms. The fourth-order valence-electron chi connectivity index (χ4n) is 2.89. The lowest BCUT2D eigenvalue weighted by Gasteiger charge is -2.13. The minimum Gasteiger partial charge on any atom is -0.493 e. The average Bonchev–Trinajstić information content (AvgIpc) is 2.76. The fourth-order valence-corrected chi connectivity index (χ4v) is 3.06. The fraction of sp³-hybridized carbons (Fsp3) is 0.0952. The summed E-state index contributed by atoms with van der Waals surface area (Å²) >= 11 is 5.34. The summed E-state index contributed by atoms with van der Waals surface area (Å²) in [6, 6.07) is 19.0. The molecule has 3 aromatic carbocycles. The molecule has 1 heterocycles. The van der Waals surface area contributed by atoms with E-state index in [9.17, 15) is 0 Å². The molecule has 4 aromatic rings. The monoisotopic (exact) mass is 405 g/mol. The van der Waals surface area contributed by atoms with Crippen molar-refractivity contribution >= 4 is 50.8 Å². The number of methoxy groups -OCH3 is 2. The summed E-state index contributed by atoms with van der Waals surface area (Å²) in [6.45, 7) is 0. The van der Waals surface area contributed by atoms with Gasteiger partial charge in [-0.25, -0.2) is 9.97 Å². The van der Waals surface area contributed by atoms with E-state index in [0.717, 1.165) is 33.4 Å². The van der Waals surface area contributed by atoms with Gasteiger partial charge in [-0.2, -0.15) is 0 Å². The molecule has 7 nitrogen and oxygen atoms in total. The van der Waals surface area contributed by atoms with Gasteiger partial charge in [0, 0.05) is 17.8 Å². The first-order valence-electron chi connectivity index (χ1n) is 8.88. The first-order chi connectivity index (χ1) is 14.2. The zero-order valence-corrected chi connectivity index (χ0v) is 16.7. The maximum Gasteiger partial charge on any atom is 0.189 e. The number of hydrogen-bond donors (Lipinski definition) is 3. The highest BCUT2D eigenvalue weighted by Gasteiger charge is 2.10. The first-order valence-corrected chi connectivity index (χ1v) is 9.28. The topological polar surface area (TPSA) is 80.3 Å². The van der Waals surface area contributed by atoms with Crippen LogP contribution in [-0.2, 0) is 0 Å². The summed E-state index contributed by atoms with van der Waals surface area (Å²) in [4.78, 5) is 9.38. The molecule has 0 radical (unpaired) electrons. The number of nitrogens with zero attached hydrogens (tertiary/aromatic N) is 2. The maximum absolute atomic E-state index is 5.36. The van der Waals surface area contributed by atoms with Crippen molar-refractivity contribution in [3.05, 3.63) is 60.7 Å². The van der Waals surface area contributed by atoms with Crippen LogP contribution in [0.1, 0.15) is 0 Å². The van der Waals surface area contributed by atoms with Gasteiger partial charge < -0.3 is 14.8 Å². The summed E-state index contributed by atoms with van der Waals surface area (Å²) in [6.07, 6.45) is 0. The number of aromatic nitrogens is 2. The van der Waals surface area contributed by atoms with Crippen molar-refractivity contribution in [2.45, 2.75) is 0 Å². The van der Waals surface area contributed by atoms with Gasteiger partial charge in [-0.05, 0) is 42.5 Å². The largest absolute Gasteiger partial charge is 0.493 e. The molecule has 0 atom stereocenters. The standard InChI is InChI=1S/C21H19N5O2S/c1-27-19-11-17-18(12-20(19)28-2)24-16-10-14(8-9-15(16)23-17)22-21(29)26-25-13-6-4-3-5-7-13/h3-12,25H,1-2H3,(H2,22,26,29). The summed E-state index contributed by atoms with van der Waals surface area (Å²) in [7, 11) is 3.19. The van der Waals surface area contributed by atoms with Crippen molar-refractivity contribution in [2.24, 2.45) is 0 Å². The number of anilines is 2. The Hall–Kier alpha value is -3.65. The lowest BCUT2D eigenvalue weighted by molar-refractivity contribution is 0.355. The second kappa shape index (κ2) is 8.15. The molecule has 29 heavy (non-hydrogen) atoms. The molecule has 0 fully saturated rings. The van der Waals surface area contributed by atoms with E-state index < -0.39 is 0 Å². The van der Waals surface area contributed by atoms with Gasteiger partial charge in [0.15, 0.2) is 16.6 Å². The van der Waals surface area contributed by atoms with E-state index in [0.29, 0.717) is 16.6 Å². The van der Waals surface area contributed by atoms with E-state index in [1.807, 2.05) is 60.7 Å². The zero-order valence-electron chi connectivity index (χ0n) is 15.9. The van der Waals surface area contributed by atoms with Gasteiger partial charge in [-0.3, -0.25) is 10.9 Å². The minimum absolute atomic E-state index is 0.438. The highest BCUT2D eigenvalue weighted by molar-refractivity contribution is 7.80. The molecule has 1 aromatic heterocycles. The zero-order chi connectivity index (χ0) is 20.2. The first kappa shape index (κ1) is 18.7. The molecular weight excluding hydrogens is 386 g/mol. The third-order valence-corrected chi connectivity index (χ3v) is 4.49. The number of benzene rings is 3. The third kappa shape index (κ3) is 4.12. The van der Waals surface area contributed by atoms with E-state index >= 15 is 0 Å². The average molecular weight is 405 g/mol. The van der Waals surface area contributed by atoms with Gasteiger partial charge in [0.2, 0.25) is 0 Å². The van der Waals surface area contributed by atoms with Crippen LogP contribution in [-0.4, -0.2) is 29.3 Å². The molecule has 0 aliphatic rings. The van der Waals surface area contributed by atoms with Gasteiger partial charge in [0.05, 0.1) is 42.0 Å². The highest BCUT2D eigenvalue weighted by atomic mass is 32.1. The Labute approximate surface area is 173 Å². The van der Waals surface area contributed by atoms with Crippen molar-refractivity contribution in [1.29, 1.82) is 0 Å². The number of nitrogens with one attached hydrogen (secondary N) is 3. The summed E-state index contributed by atoms with van der Waals surface area (Å²) in [5.41, 5.74) is 10.7. The van der Waals surface area contributed by atoms with E-state index in [4.69, 9.17) is 26.7 Å². The van der Waals surface area contributed by atoms with Crippen LogP contribution >= 0.6 is 12.2 Å². The minimum atomic E-state index is 0.438. The van der Waals surface area contributed by atoms with Crippen molar-refractivity contribution in [1.82, 2.24) is 15.4 Å².